The second kappa shape index (κ2) is 6.14. The number of fused-ring (bicyclic) bond motifs is 2. The second-order valence-electron chi connectivity index (χ2n) is 7.22. The zero-order valence-corrected chi connectivity index (χ0v) is 13.4. The van der Waals surface area contributed by atoms with E-state index in [1.807, 2.05) is 0 Å². The molecule has 0 amide bonds. The van der Waals surface area contributed by atoms with Crippen molar-refractivity contribution in [2.45, 2.75) is 87.1 Å². The van der Waals surface area contributed by atoms with Crippen molar-refractivity contribution < 1.29 is 38.6 Å². The Balaban J connectivity index is 1.30. The number of ether oxygens (including phenoxy) is 6. The van der Waals surface area contributed by atoms with Crippen molar-refractivity contribution in [3.05, 3.63) is 0 Å². The highest BCUT2D eigenvalue weighted by Crippen LogP contribution is 2.42. The first-order valence-electron chi connectivity index (χ1n) is 8.93. The van der Waals surface area contributed by atoms with Crippen LogP contribution in [-0.4, -0.2) is 84.8 Å². The van der Waals surface area contributed by atoms with Crippen LogP contribution in [0, 0.1) is 0 Å². The minimum Gasteiger partial charge on any atom is -0.387 e. The molecule has 2 N–H and O–H groups in total. The number of hydrogen-bond donors (Lipinski definition) is 2. The van der Waals surface area contributed by atoms with Crippen LogP contribution in [0.2, 0.25) is 0 Å². The Morgan fingerprint density at radius 2 is 0.958 bits per heavy atom. The Morgan fingerprint density at radius 1 is 0.583 bits per heavy atom. The molecule has 4 aliphatic heterocycles. The van der Waals surface area contributed by atoms with Crippen molar-refractivity contribution >= 4 is 0 Å². The first-order chi connectivity index (χ1) is 11.7. The van der Waals surface area contributed by atoms with Gasteiger partial charge < -0.3 is 38.6 Å². The number of aliphatic hydroxyl groups excluding tert-OH is 2. The predicted octanol–water partition coefficient (Wildman–Crippen LogP) is -0.700. The molecule has 5 aliphatic rings. The molecule has 10 atom stereocenters. The molecule has 1 aliphatic carbocycles. The normalized spacial score (nSPS) is 57.2. The summed E-state index contributed by atoms with van der Waals surface area (Å²) in [5.74, 6) is 0. The smallest absolute Gasteiger partial charge is 0.184 e. The minimum atomic E-state index is -0.916. The van der Waals surface area contributed by atoms with Crippen LogP contribution in [0.1, 0.15) is 25.7 Å². The van der Waals surface area contributed by atoms with Gasteiger partial charge in [0.05, 0.1) is 0 Å². The third-order valence-electron chi connectivity index (χ3n) is 5.70. The third-order valence-corrected chi connectivity index (χ3v) is 5.70. The maximum Gasteiger partial charge on any atom is 0.184 e. The van der Waals surface area contributed by atoms with E-state index in [1.54, 1.807) is 0 Å². The zero-order valence-electron chi connectivity index (χ0n) is 13.4. The van der Waals surface area contributed by atoms with E-state index in [9.17, 15) is 10.2 Å². The van der Waals surface area contributed by atoms with Crippen LogP contribution in [0.4, 0.5) is 0 Å². The van der Waals surface area contributed by atoms with Gasteiger partial charge in [-0.1, -0.05) is 0 Å². The van der Waals surface area contributed by atoms with Crippen LogP contribution in [0.25, 0.3) is 0 Å². The highest BCUT2D eigenvalue weighted by Gasteiger charge is 2.61. The van der Waals surface area contributed by atoms with E-state index in [0.29, 0.717) is 13.2 Å². The van der Waals surface area contributed by atoms with E-state index in [-0.39, 0.29) is 12.2 Å². The van der Waals surface area contributed by atoms with E-state index < -0.39 is 49.2 Å². The highest BCUT2D eigenvalue weighted by molar-refractivity contribution is 5.06. The molecule has 0 aromatic carbocycles. The first kappa shape index (κ1) is 15.9. The van der Waals surface area contributed by atoms with Gasteiger partial charge in [0, 0.05) is 13.2 Å². The van der Waals surface area contributed by atoms with Crippen LogP contribution in [0.5, 0.6) is 0 Å². The molecule has 24 heavy (non-hydrogen) atoms. The molecule has 136 valence electrons. The molecule has 4 heterocycles. The molecule has 0 bridgehead atoms. The average Bonchev–Trinajstić information content (AvgIpc) is 3.39. The Morgan fingerprint density at radius 3 is 1.25 bits per heavy atom. The lowest BCUT2D eigenvalue weighted by Gasteiger charge is -2.38. The van der Waals surface area contributed by atoms with Crippen LogP contribution in [0.15, 0.2) is 0 Å². The molecule has 5 fully saturated rings. The van der Waals surface area contributed by atoms with E-state index in [0.717, 1.165) is 25.7 Å². The lowest BCUT2D eigenvalue weighted by Crippen LogP contribution is -2.61. The maximum atomic E-state index is 10.7. The summed E-state index contributed by atoms with van der Waals surface area (Å²) in [6.45, 7) is 1.38. The van der Waals surface area contributed by atoms with Crippen LogP contribution in [-0.2, 0) is 28.4 Å². The van der Waals surface area contributed by atoms with Crippen LogP contribution in [0.3, 0.4) is 0 Å². The summed E-state index contributed by atoms with van der Waals surface area (Å²) in [6, 6.07) is 0. The molecule has 0 radical (unpaired) electrons. The van der Waals surface area contributed by atoms with Crippen molar-refractivity contribution in [1.82, 2.24) is 0 Å². The molecule has 5 rings (SSSR count). The summed E-state index contributed by atoms with van der Waals surface area (Å²) >= 11 is 0. The molecule has 0 spiro atoms. The van der Waals surface area contributed by atoms with Gasteiger partial charge in [0.2, 0.25) is 0 Å². The summed E-state index contributed by atoms with van der Waals surface area (Å²) < 4.78 is 34.7. The topological polar surface area (TPSA) is 95.8 Å². The monoisotopic (exact) mass is 344 g/mol. The van der Waals surface area contributed by atoms with Gasteiger partial charge in [-0.2, -0.15) is 0 Å². The summed E-state index contributed by atoms with van der Waals surface area (Å²) in [6.07, 6.45) is -2.12. The molecular formula is C16H24O8. The molecule has 4 saturated heterocycles. The molecule has 8 nitrogen and oxygen atoms in total. The molecule has 8 heteroatoms. The fourth-order valence-corrected chi connectivity index (χ4v) is 4.45. The van der Waals surface area contributed by atoms with Crippen molar-refractivity contribution in [3.8, 4) is 0 Å². The molecule has 6 unspecified atom stereocenters. The van der Waals surface area contributed by atoms with E-state index in [4.69, 9.17) is 28.4 Å². The fourth-order valence-electron chi connectivity index (χ4n) is 4.45. The van der Waals surface area contributed by atoms with Crippen molar-refractivity contribution in [1.29, 1.82) is 0 Å². The number of hydrogen-bond acceptors (Lipinski definition) is 8. The van der Waals surface area contributed by atoms with Crippen molar-refractivity contribution in [3.63, 3.8) is 0 Å². The van der Waals surface area contributed by atoms with Crippen LogP contribution < -0.4 is 0 Å². The second-order valence-corrected chi connectivity index (χ2v) is 7.22. The average molecular weight is 344 g/mol. The van der Waals surface area contributed by atoms with Crippen molar-refractivity contribution in [2.24, 2.45) is 0 Å². The zero-order chi connectivity index (χ0) is 16.3. The summed E-state index contributed by atoms with van der Waals surface area (Å²) in [7, 11) is 0. The van der Waals surface area contributed by atoms with Crippen molar-refractivity contribution in [2.75, 3.05) is 13.2 Å². The minimum absolute atomic E-state index is 0.142. The maximum absolute atomic E-state index is 10.7. The highest BCUT2D eigenvalue weighted by atomic mass is 16.8. The lowest BCUT2D eigenvalue weighted by atomic mass is 9.85. The number of rotatable bonds is 2. The number of aliphatic hydroxyl groups is 2. The van der Waals surface area contributed by atoms with Gasteiger partial charge in [-0.25, -0.2) is 0 Å². The third kappa shape index (κ3) is 2.44. The Bertz CT molecular complexity index is 397. The quantitative estimate of drug-likeness (QED) is 0.679. The predicted molar refractivity (Wildman–Crippen MR) is 77.0 cm³/mol. The Hall–Kier alpha value is -0.320. The molecule has 1 saturated carbocycles. The van der Waals surface area contributed by atoms with E-state index >= 15 is 0 Å². The summed E-state index contributed by atoms with van der Waals surface area (Å²) in [5.41, 5.74) is 0. The first-order valence-corrected chi connectivity index (χ1v) is 8.93. The van der Waals surface area contributed by atoms with E-state index in [1.165, 1.54) is 0 Å². The summed E-state index contributed by atoms with van der Waals surface area (Å²) in [5, 5.41) is 21.4. The van der Waals surface area contributed by atoms with Gasteiger partial charge in [0.25, 0.3) is 0 Å². The van der Waals surface area contributed by atoms with Gasteiger partial charge in [0.15, 0.2) is 12.6 Å². The van der Waals surface area contributed by atoms with Crippen LogP contribution >= 0.6 is 0 Å². The fraction of sp³-hybridized carbons (Fsp3) is 1.00. The summed E-state index contributed by atoms with van der Waals surface area (Å²) in [4.78, 5) is 0. The van der Waals surface area contributed by atoms with E-state index in [2.05, 4.69) is 0 Å². The Labute approximate surface area is 139 Å². The van der Waals surface area contributed by atoms with Gasteiger partial charge >= 0.3 is 0 Å². The Kier molecular flexibility index (Phi) is 4.06. The standard InChI is InChI=1S/C16H24O8/c17-9-11-12(22-15(21-11)7-3-1-5-19-7)10(18)14-13(9)23-16(24-14)8-4-2-6-20-8/h7-18H,1-6H2/t7?,8?,9?,10?,11-,12-,13-,14+,15?,16?/m0/s1. The molecule has 0 aromatic heterocycles. The van der Waals surface area contributed by atoms with Gasteiger partial charge in [-0.3, -0.25) is 0 Å². The van der Waals surface area contributed by atoms with Gasteiger partial charge in [-0.05, 0) is 25.7 Å². The largest absolute Gasteiger partial charge is 0.387 e. The van der Waals surface area contributed by atoms with Gasteiger partial charge in [-0.15, -0.1) is 0 Å². The van der Waals surface area contributed by atoms with Gasteiger partial charge in [0.1, 0.15) is 48.8 Å². The SMILES string of the molecule is OC1[C@H]2OC(C3CCCO3)O[C@H]2C(O)[C@@H]2OC(C3CCCO3)O[C@@H]12. The molecule has 0 aromatic rings. The molecular weight excluding hydrogens is 320 g/mol. The lowest BCUT2D eigenvalue weighted by molar-refractivity contribution is -0.171.